The number of guanidine groups is 1. The normalized spacial score (nSPS) is 19.6. The van der Waals surface area contributed by atoms with E-state index in [1.165, 1.54) is 32.1 Å². The van der Waals surface area contributed by atoms with Crippen molar-refractivity contribution in [2.45, 2.75) is 57.5 Å². The average Bonchev–Trinajstić information content (AvgIpc) is 3.25. The minimum absolute atomic E-state index is 0.614. The molecule has 0 saturated heterocycles. The minimum Gasteiger partial charge on any atom is -0.370 e. The highest BCUT2D eigenvalue weighted by atomic mass is 15.3. The van der Waals surface area contributed by atoms with Crippen molar-refractivity contribution in [1.29, 1.82) is 0 Å². The largest absolute Gasteiger partial charge is 0.370 e. The zero-order chi connectivity index (χ0) is 13.9. The van der Waals surface area contributed by atoms with Crippen molar-refractivity contribution in [3.05, 3.63) is 11.6 Å². The molecule has 1 aromatic rings. The number of rotatable bonds is 4. The van der Waals surface area contributed by atoms with Gasteiger partial charge in [-0.3, -0.25) is 4.99 Å². The van der Waals surface area contributed by atoms with Gasteiger partial charge in [-0.2, -0.15) is 0 Å². The predicted octanol–water partition coefficient (Wildman–Crippen LogP) is 0.956. The van der Waals surface area contributed by atoms with Crippen molar-refractivity contribution in [1.82, 2.24) is 19.7 Å². The van der Waals surface area contributed by atoms with E-state index < -0.39 is 0 Å². The van der Waals surface area contributed by atoms with Gasteiger partial charge in [-0.05, 0) is 25.7 Å². The Hall–Kier alpha value is -1.59. The van der Waals surface area contributed by atoms with Crippen LogP contribution in [0.5, 0.6) is 0 Å². The highest BCUT2D eigenvalue weighted by molar-refractivity contribution is 5.78. The Morgan fingerprint density at radius 3 is 3.00 bits per heavy atom. The summed E-state index contributed by atoms with van der Waals surface area (Å²) >= 11 is 0. The van der Waals surface area contributed by atoms with Crippen LogP contribution in [0.2, 0.25) is 0 Å². The van der Waals surface area contributed by atoms with Crippen LogP contribution < -0.4 is 5.73 Å². The number of hydrogen-bond donors (Lipinski definition) is 1. The maximum absolute atomic E-state index is 5.99. The van der Waals surface area contributed by atoms with Crippen molar-refractivity contribution >= 4 is 5.96 Å². The lowest BCUT2D eigenvalue weighted by Gasteiger charge is -2.16. The maximum atomic E-state index is 5.99. The molecule has 0 spiro atoms. The summed E-state index contributed by atoms with van der Waals surface area (Å²) in [4.78, 5) is 6.56. The van der Waals surface area contributed by atoms with Crippen molar-refractivity contribution in [2.24, 2.45) is 10.7 Å². The topological polar surface area (TPSA) is 72.3 Å². The Balaban J connectivity index is 1.58. The Bertz CT molecular complexity index is 488. The van der Waals surface area contributed by atoms with Gasteiger partial charge in [0, 0.05) is 39.0 Å². The molecule has 0 amide bonds. The fourth-order valence-electron chi connectivity index (χ4n) is 2.76. The van der Waals surface area contributed by atoms with Crippen LogP contribution >= 0.6 is 0 Å². The fraction of sp³-hybridized carbons (Fsp3) is 0.786. The molecule has 6 nitrogen and oxygen atoms in total. The maximum Gasteiger partial charge on any atom is 0.191 e. The molecule has 1 fully saturated rings. The summed E-state index contributed by atoms with van der Waals surface area (Å²) in [7, 11) is 2.03. The van der Waals surface area contributed by atoms with Crippen molar-refractivity contribution in [3.63, 3.8) is 0 Å². The SMILES string of the molecule is CN(C(N)=NCCc1nnc2n1CCCCC2)C1CC1. The lowest BCUT2D eigenvalue weighted by molar-refractivity contribution is 0.487. The fourth-order valence-corrected chi connectivity index (χ4v) is 2.76. The quantitative estimate of drug-likeness (QED) is 0.656. The van der Waals surface area contributed by atoms with Crippen molar-refractivity contribution in [3.8, 4) is 0 Å². The Kier molecular flexibility index (Phi) is 3.89. The first kappa shape index (κ1) is 13.4. The zero-order valence-electron chi connectivity index (χ0n) is 12.3. The van der Waals surface area contributed by atoms with E-state index in [0.29, 0.717) is 18.5 Å². The van der Waals surface area contributed by atoms with Crippen molar-refractivity contribution in [2.75, 3.05) is 13.6 Å². The summed E-state index contributed by atoms with van der Waals surface area (Å²) in [6, 6.07) is 0.614. The molecule has 1 aliphatic carbocycles. The molecular formula is C14H24N6. The van der Waals surface area contributed by atoms with Gasteiger partial charge in [-0.25, -0.2) is 0 Å². The van der Waals surface area contributed by atoms with E-state index in [1.807, 2.05) is 7.05 Å². The number of nitrogens with two attached hydrogens (primary N) is 1. The second-order valence-electron chi connectivity index (χ2n) is 5.83. The van der Waals surface area contributed by atoms with E-state index >= 15 is 0 Å². The van der Waals surface area contributed by atoms with Gasteiger partial charge in [-0.15, -0.1) is 10.2 Å². The number of fused-ring (bicyclic) bond motifs is 1. The average molecular weight is 276 g/mol. The molecule has 20 heavy (non-hydrogen) atoms. The summed E-state index contributed by atoms with van der Waals surface area (Å²) in [5.74, 6) is 2.86. The van der Waals surface area contributed by atoms with E-state index in [4.69, 9.17) is 5.73 Å². The van der Waals surface area contributed by atoms with Gasteiger partial charge >= 0.3 is 0 Å². The number of aliphatic imine (C=N–C) groups is 1. The standard InChI is InChI=1S/C14H24N6/c1-19(11-6-7-11)14(15)16-9-8-13-18-17-12-5-3-2-4-10-20(12)13/h11H,2-10H2,1H3,(H2,15,16). The molecule has 0 radical (unpaired) electrons. The molecule has 0 atom stereocenters. The first-order chi connectivity index (χ1) is 9.75. The van der Waals surface area contributed by atoms with Crippen LogP contribution in [0.1, 0.15) is 43.8 Å². The molecule has 2 heterocycles. The molecule has 3 rings (SSSR count). The number of hydrogen-bond acceptors (Lipinski definition) is 3. The predicted molar refractivity (Wildman–Crippen MR) is 78.6 cm³/mol. The molecule has 6 heteroatoms. The number of aromatic nitrogens is 3. The summed E-state index contributed by atoms with van der Waals surface area (Å²) in [5.41, 5.74) is 5.99. The first-order valence-corrected chi connectivity index (χ1v) is 7.69. The molecule has 0 bridgehead atoms. The minimum atomic E-state index is 0.614. The van der Waals surface area contributed by atoms with Gasteiger partial charge in [0.1, 0.15) is 11.6 Å². The highest BCUT2D eigenvalue weighted by Gasteiger charge is 2.27. The van der Waals surface area contributed by atoms with Crippen LogP contribution in [-0.4, -0.2) is 45.3 Å². The van der Waals surface area contributed by atoms with Gasteiger partial charge < -0.3 is 15.2 Å². The summed E-state index contributed by atoms with van der Waals surface area (Å²) in [5, 5.41) is 8.63. The molecule has 2 N–H and O–H groups in total. The summed E-state index contributed by atoms with van der Waals surface area (Å²) in [6.07, 6.45) is 8.12. The van der Waals surface area contributed by atoms with E-state index in [1.54, 1.807) is 0 Å². The molecule has 1 saturated carbocycles. The number of nitrogens with zero attached hydrogens (tertiary/aromatic N) is 5. The van der Waals surface area contributed by atoms with Crippen LogP contribution in [-0.2, 0) is 19.4 Å². The summed E-state index contributed by atoms with van der Waals surface area (Å²) in [6.45, 7) is 1.75. The third-order valence-corrected chi connectivity index (χ3v) is 4.25. The lowest BCUT2D eigenvalue weighted by Crippen LogP contribution is -2.35. The molecule has 2 aliphatic rings. The van der Waals surface area contributed by atoms with Crippen LogP contribution in [0.3, 0.4) is 0 Å². The monoisotopic (exact) mass is 276 g/mol. The second kappa shape index (κ2) is 5.81. The van der Waals surface area contributed by atoms with Gasteiger partial charge in [0.05, 0.1) is 0 Å². The van der Waals surface area contributed by atoms with E-state index in [2.05, 4.69) is 24.7 Å². The molecule has 0 unspecified atom stereocenters. The third-order valence-electron chi connectivity index (χ3n) is 4.25. The van der Waals surface area contributed by atoms with Crippen LogP contribution in [0.15, 0.2) is 4.99 Å². The zero-order valence-corrected chi connectivity index (χ0v) is 12.3. The van der Waals surface area contributed by atoms with E-state index in [9.17, 15) is 0 Å². The summed E-state index contributed by atoms with van der Waals surface area (Å²) < 4.78 is 2.28. The number of aryl methyl sites for hydroxylation is 1. The highest BCUT2D eigenvalue weighted by Crippen LogP contribution is 2.24. The smallest absolute Gasteiger partial charge is 0.191 e. The van der Waals surface area contributed by atoms with Crippen molar-refractivity contribution < 1.29 is 0 Å². The van der Waals surface area contributed by atoms with Crippen LogP contribution in [0.4, 0.5) is 0 Å². The van der Waals surface area contributed by atoms with Gasteiger partial charge in [0.25, 0.3) is 0 Å². The third kappa shape index (κ3) is 2.94. The molecule has 0 aromatic carbocycles. The van der Waals surface area contributed by atoms with E-state index in [-0.39, 0.29) is 0 Å². The first-order valence-electron chi connectivity index (χ1n) is 7.69. The van der Waals surface area contributed by atoms with Crippen LogP contribution in [0.25, 0.3) is 0 Å². The Labute approximate surface area is 120 Å². The molecule has 110 valence electrons. The molecule has 1 aromatic heterocycles. The second-order valence-corrected chi connectivity index (χ2v) is 5.83. The van der Waals surface area contributed by atoms with E-state index in [0.717, 1.165) is 31.0 Å². The van der Waals surface area contributed by atoms with Gasteiger partial charge in [0.2, 0.25) is 0 Å². The van der Waals surface area contributed by atoms with Gasteiger partial charge in [0.15, 0.2) is 5.96 Å². The Morgan fingerprint density at radius 1 is 1.35 bits per heavy atom. The van der Waals surface area contributed by atoms with Crippen LogP contribution in [0, 0.1) is 0 Å². The lowest BCUT2D eigenvalue weighted by atomic mass is 10.2. The van der Waals surface area contributed by atoms with Gasteiger partial charge in [-0.1, -0.05) is 6.42 Å². The molecule has 1 aliphatic heterocycles. The molecular weight excluding hydrogens is 252 g/mol. The Morgan fingerprint density at radius 2 is 2.20 bits per heavy atom.